The number of Topliss-reactive ketones (excluding diaryl/α,β-unsaturated/α-hetero) is 1. The molecule has 1 atom stereocenters. The predicted octanol–water partition coefficient (Wildman–Crippen LogP) is 6.07. The largest absolute Gasteiger partial charge is 0.489 e. The van der Waals surface area contributed by atoms with E-state index in [2.05, 4.69) is 25.2 Å². The number of aryl methyl sites for hydroxylation is 1. The number of esters is 1. The van der Waals surface area contributed by atoms with Gasteiger partial charge in [0.15, 0.2) is 5.78 Å². The SMILES string of the molecule is COC(=O)C1=C(C)NC2=C(C(=O)CC(C)(C)C2)[C@H]1c1cc(COc2ccc(Cl)cc2)c(C)s1. The average molecular weight is 486 g/mol. The molecule has 5 nitrogen and oxygen atoms in total. The van der Waals surface area contributed by atoms with Gasteiger partial charge in [-0.1, -0.05) is 25.4 Å². The highest BCUT2D eigenvalue weighted by Crippen LogP contribution is 2.48. The molecule has 0 spiro atoms. The number of methoxy groups -OCH3 is 1. The van der Waals surface area contributed by atoms with Crippen LogP contribution in [0.25, 0.3) is 0 Å². The van der Waals surface area contributed by atoms with Crippen LogP contribution in [-0.2, 0) is 20.9 Å². The zero-order chi connectivity index (χ0) is 23.9. The Bertz CT molecular complexity index is 1170. The summed E-state index contributed by atoms with van der Waals surface area (Å²) in [5, 5.41) is 4.01. The van der Waals surface area contributed by atoms with Gasteiger partial charge in [-0.05, 0) is 56.0 Å². The molecule has 1 aromatic heterocycles. The van der Waals surface area contributed by atoms with Crippen molar-refractivity contribution in [1.82, 2.24) is 5.32 Å². The van der Waals surface area contributed by atoms with Gasteiger partial charge in [-0.15, -0.1) is 11.3 Å². The normalized spacial score (nSPS) is 19.8. The first-order valence-electron chi connectivity index (χ1n) is 10.9. The van der Waals surface area contributed by atoms with Crippen molar-refractivity contribution in [3.05, 3.63) is 73.2 Å². The van der Waals surface area contributed by atoms with E-state index in [9.17, 15) is 9.59 Å². The molecule has 0 saturated carbocycles. The van der Waals surface area contributed by atoms with Gasteiger partial charge in [0.1, 0.15) is 12.4 Å². The summed E-state index contributed by atoms with van der Waals surface area (Å²) in [5.74, 6) is -0.0451. The topological polar surface area (TPSA) is 64.6 Å². The molecule has 174 valence electrons. The standard InChI is InChI=1S/C26H28ClNO4S/c1-14-22(25(30)31-5)24(23-19(28-14)11-26(3,4)12-20(23)29)21-10-16(15(2)33-21)13-32-18-8-6-17(27)7-9-18/h6-10,24,28H,11-13H2,1-5H3/t24-/m0/s1. The van der Waals surface area contributed by atoms with Crippen molar-refractivity contribution in [3.8, 4) is 5.75 Å². The molecule has 2 aromatic rings. The van der Waals surface area contributed by atoms with Crippen molar-refractivity contribution < 1.29 is 19.1 Å². The van der Waals surface area contributed by atoms with Crippen LogP contribution in [0.4, 0.5) is 0 Å². The van der Waals surface area contributed by atoms with E-state index in [0.29, 0.717) is 29.2 Å². The van der Waals surface area contributed by atoms with E-state index in [1.165, 1.54) is 7.11 Å². The molecule has 1 aromatic carbocycles. The van der Waals surface area contributed by atoms with Crippen LogP contribution in [0.15, 0.2) is 52.9 Å². The molecule has 0 amide bonds. The van der Waals surface area contributed by atoms with E-state index in [4.69, 9.17) is 21.1 Å². The van der Waals surface area contributed by atoms with Crippen molar-refractivity contribution in [1.29, 1.82) is 0 Å². The van der Waals surface area contributed by atoms with E-state index < -0.39 is 11.9 Å². The van der Waals surface area contributed by atoms with Crippen LogP contribution in [0, 0.1) is 12.3 Å². The van der Waals surface area contributed by atoms with Crippen LogP contribution in [0.3, 0.4) is 0 Å². The van der Waals surface area contributed by atoms with Crippen LogP contribution in [0.1, 0.15) is 54.8 Å². The number of rotatable bonds is 5. The lowest BCUT2D eigenvalue weighted by molar-refractivity contribution is -0.136. The highest BCUT2D eigenvalue weighted by atomic mass is 35.5. The highest BCUT2D eigenvalue weighted by molar-refractivity contribution is 7.12. The van der Waals surface area contributed by atoms with Crippen molar-refractivity contribution in [2.75, 3.05) is 7.11 Å². The van der Waals surface area contributed by atoms with Gasteiger partial charge in [-0.25, -0.2) is 4.79 Å². The minimum Gasteiger partial charge on any atom is -0.489 e. The first kappa shape index (κ1) is 23.6. The number of carbonyl (C=O) groups excluding carboxylic acids is 2. The average Bonchev–Trinajstić information content (AvgIpc) is 3.11. The lowest BCUT2D eigenvalue weighted by Gasteiger charge is -2.39. The van der Waals surface area contributed by atoms with Crippen molar-refractivity contribution in [3.63, 3.8) is 0 Å². The number of halogens is 1. The number of nitrogens with one attached hydrogen (secondary N) is 1. The second-order valence-corrected chi connectivity index (χ2v) is 11.1. The van der Waals surface area contributed by atoms with Crippen molar-refractivity contribution in [2.45, 2.75) is 53.1 Å². The third kappa shape index (κ3) is 4.73. The Kier molecular flexibility index (Phi) is 6.43. The van der Waals surface area contributed by atoms with E-state index in [0.717, 1.165) is 38.9 Å². The van der Waals surface area contributed by atoms with Crippen LogP contribution in [0.2, 0.25) is 5.02 Å². The molecule has 2 heterocycles. The zero-order valence-corrected chi connectivity index (χ0v) is 21.1. The minimum atomic E-state index is -0.440. The molecular formula is C26H28ClNO4S. The highest BCUT2D eigenvalue weighted by Gasteiger charge is 2.43. The number of dihydropyridines is 1. The summed E-state index contributed by atoms with van der Waals surface area (Å²) in [7, 11) is 1.38. The van der Waals surface area contributed by atoms with Crippen LogP contribution in [0.5, 0.6) is 5.75 Å². The third-order valence-corrected chi connectivity index (χ3v) is 7.59. The molecule has 0 radical (unpaired) electrons. The molecular weight excluding hydrogens is 458 g/mol. The molecule has 1 N–H and O–H groups in total. The van der Waals surface area contributed by atoms with Gasteiger partial charge in [0.05, 0.1) is 18.6 Å². The Labute approximate surface area is 203 Å². The van der Waals surface area contributed by atoms with Crippen molar-refractivity contribution >= 4 is 34.7 Å². The fraction of sp³-hybridized carbons (Fsp3) is 0.385. The van der Waals surface area contributed by atoms with Gasteiger partial charge < -0.3 is 14.8 Å². The Morgan fingerprint density at radius 1 is 1.21 bits per heavy atom. The molecule has 1 aliphatic heterocycles. The van der Waals surface area contributed by atoms with E-state index >= 15 is 0 Å². The van der Waals surface area contributed by atoms with Gasteiger partial charge in [-0.3, -0.25) is 4.79 Å². The molecule has 4 rings (SSSR count). The van der Waals surface area contributed by atoms with Crippen LogP contribution in [-0.4, -0.2) is 18.9 Å². The van der Waals surface area contributed by atoms with Crippen LogP contribution >= 0.6 is 22.9 Å². The fourth-order valence-corrected chi connectivity index (χ4v) is 5.91. The van der Waals surface area contributed by atoms with E-state index in [1.54, 1.807) is 23.5 Å². The van der Waals surface area contributed by atoms with Gasteiger partial charge in [0, 0.05) is 43.7 Å². The second-order valence-electron chi connectivity index (χ2n) is 9.39. The summed E-state index contributed by atoms with van der Waals surface area (Å²) >= 11 is 7.55. The fourth-order valence-electron chi connectivity index (χ4n) is 4.62. The third-order valence-electron chi connectivity index (χ3n) is 6.18. The molecule has 0 unspecified atom stereocenters. The number of carbonyl (C=O) groups is 2. The summed E-state index contributed by atoms with van der Waals surface area (Å²) in [4.78, 5) is 28.2. The summed E-state index contributed by atoms with van der Waals surface area (Å²) in [5.41, 5.74) is 3.73. The molecule has 0 fully saturated rings. The first-order chi connectivity index (χ1) is 15.6. The van der Waals surface area contributed by atoms with Gasteiger partial charge in [0.25, 0.3) is 0 Å². The van der Waals surface area contributed by atoms with Crippen LogP contribution < -0.4 is 10.1 Å². The number of thiophene rings is 1. The monoisotopic (exact) mass is 485 g/mol. The van der Waals surface area contributed by atoms with Gasteiger partial charge >= 0.3 is 5.97 Å². The molecule has 0 saturated heterocycles. The Balaban J connectivity index is 1.72. The van der Waals surface area contributed by atoms with E-state index in [-0.39, 0.29) is 11.2 Å². The molecule has 0 bridgehead atoms. The molecule has 7 heteroatoms. The summed E-state index contributed by atoms with van der Waals surface area (Å²) < 4.78 is 11.1. The second kappa shape index (κ2) is 8.99. The minimum absolute atomic E-state index is 0.0812. The Morgan fingerprint density at radius 3 is 2.58 bits per heavy atom. The summed E-state index contributed by atoms with van der Waals surface area (Å²) in [6.45, 7) is 8.49. The Hall–Kier alpha value is -2.57. The van der Waals surface area contributed by atoms with Gasteiger partial charge in [0.2, 0.25) is 0 Å². The Morgan fingerprint density at radius 2 is 1.91 bits per heavy atom. The zero-order valence-electron chi connectivity index (χ0n) is 19.5. The lowest BCUT2D eigenvalue weighted by Crippen LogP contribution is -2.38. The van der Waals surface area contributed by atoms with Crippen molar-refractivity contribution in [2.24, 2.45) is 5.41 Å². The maximum absolute atomic E-state index is 13.3. The number of ketones is 1. The maximum atomic E-state index is 13.3. The number of ether oxygens (including phenoxy) is 2. The van der Waals surface area contributed by atoms with E-state index in [1.807, 2.05) is 26.0 Å². The molecule has 33 heavy (non-hydrogen) atoms. The number of benzene rings is 1. The summed E-state index contributed by atoms with van der Waals surface area (Å²) in [6, 6.07) is 9.30. The van der Waals surface area contributed by atoms with Gasteiger partial charge in [-0.2, -0.15) is 0 Å². The number of hydrogen-bond donors (Lipinski definition) is 1. The first-order valence-corrected chi connectivity index (χ1v) is 12.1. The predicted molar refractivity (Wildman–Crippen MR) is 130 cm³/mol. The summed E-state index contributed by atoms with van der Waals surface area (Å²) in [6.07, 6.45) is 1.21. The molecule has 2 aliphatic rings. The maximum Gasteiger partial charge on any atom is 0.336 e. The lowest BCUT2D eigenvalue weighted by atomic mass is 9.70. The number of hydrogen-bond acceptors (Lipinski definition) is 6. The quantitative estimate of drug-likeness (QED) is 0.521. The smallest absolute Gasteiger partial charge is 0.336 e. The molecule has 1 aliphatic carbocycles. The number of allylic oxidation sites excluding steroid dienone is 3.